The molecule has 0 aliphatic heterocycles. The average molecular weight is 230 g/mol. The first-order chi connectivity index (χ1) is 6.11. The molecule has 0 heterocycles. The fourth-order valence-corrected chi connectivity index (χ4v) is 3.00. The van der Waals surface area contributed by atoms with E-state index in [4.69, 9.17) is 10.2 Å². The summed E-state index contributed by atoms with van der Waals surface area (Å²) in [5.74, 6) is -2.89. The first-order valence-corrected chi connectivity index (χ1v) is 4.57. The van der Waals surface area contributed by atoms with Gasteiger partial charge in [0.1, 0.15) is 0 Å². The Balaban J connectivity index is 0.000000980. The summed E-state index contributed by atoms with van der Waals surface area (Å²) in [6.07, 6.45) is 2.59. The molecule has 2 N–H and O–H groups in total. The van der Waals surface area contributed by atoms with Gasteiger partial charge in [-0.2, -0.15) is 0 Å². The molecular formula is C9H12Na2O4. The number of hydrogen-bond acceptors (Lipinski definition) is 2. The third-order valence-corrected chi connectivity index (χ3v) is 3.49. The van der Waals surface area contributed by atoms with E-state index in [1.54, 1.807) is 0 Å². The molecule has 0 spiro atoms. The number of carbonyl (C=O) groups is 2. The third kappa shape index (κ3) is 2.79. The third-order valence-electron chi connectivity index (χ3n) is 3.49. The first-order valence-electron chi connectivity index (χ1n) is 4.57. The number of aliphatic carboxylic acids is 2. The van der Waals surface area contributed by atoms with Crippen molar-refractivity contribution >= 4 is 71.1 Å². The molecule has 2 rings (SSSR count). The number of rotatable bonds is 2. The molecule has 0 aromatic carbocycles. The van der Waals surface area contributed by atoms with Gasteiger partial charge in [-0.3, -0.25) is 9.59 Å². The van der Waals surface area contributed by atoms with Crippen molar-refractivity contribution in [3.63, 3.8) is 0 Å². The molecule has 0 saturated heterocycles. The van der Waals surface area contributed by atoms with E-state index in [-0.39, 0.29) is 71.0 Å². The molecule has 4 atom stereocenters. The minimum absolute atomic E-state index is 0. The van der Waals surface area contributed by atoms with Crippen molar-refractivity contribution in [1.82, 2.24) is 0 Å². The molecular weight excluding hydrogens is 218 g/mol. The van der Waals surface area contributed by atoms with Gasteiger partial charge < -0.3 is 10.2 Å². The van der Waals surface area contributed by atoms with Crippen molar-refractivity contribution < 1.29 is 19.8 Å². The summed E-state index contributed by atoms with van der Waals surface area (Å²) in [5.41, 5.74) is 0. The van der Waals surface area contributed by atoms with E-state index < -0.39 is 23.8 Å². The Morgan fingerprint density at radius 2 is 1.20 bits per heavy atom. The van der Waals surface area contributed by atoms with Crippen molar-refractivity contribution in [3.8, 4) is 0 Å². The largest absolute Gasteiger partial charge is 0.481 e. The van der Waals surface area contributed by atoms with E-state index in [9.17, 15) is 9.59 Å². The summed E-state index contributed by atoms with van der Waals surface area (Å²) in [7, 11) is 0. The van der Waals surface area contributed by atoms with Crippen LogP contribution >= 0.6 is 0 Å². The molecule has 2 saturated carbocycles. The number of carboxylic acid groups (broad SMARTS) is 2. The van der Waals surface area contributed by atoms with Gasteiger partial charge in [-0.05, 0) is 31.1 Å². The van der Waals surface area contributed by atoms with Gasteiger partial charge in [0.2, 0.25) is 0 Å². The number of fused-ring (bicyclic) bond motifs is 2. The van der Waals surface area contributed by atoms with Crippen LogP contribution in [0.1, 0.15) is 19.3 Å². The van der Waals surface area contributed by atoms with E-state index in [0.29, 0.717) is 0 Å². The molecule has 2 fully saturated rings. The zero-order valence-electron chi connectivity index (χ0n) is 9.14. The monoisotopic (exact) mass is 230 g/mol. The second-order valence-electron chi connectivity index (χ2n) is 4.06. The fourth-order valence-electron chi connectivity index (χ4n) is 3.00. The Morgan fingerprint density at radius 3 is 1.47 bits per heavy atom. The maximum atomic E-state index is 10.8. The van der Waals surface area contributed by atoms with Crippen LogP contribution in [0.5, 0.6) is 0 Å². The van der Waals surface area contributed by atoms with Crippen molar-refractivity contribution in [2.45, 2.75) is 19.3 Å². The van der Waals surface area contributed by atoms with Crippen LogP contribution in [0.25, 0.3) is 0 Å². The summed E-state index contributed by atoms with van der Waals surface area (Å²) in [4.78, 5) is 21.7. The van der Waals surface area contributed by atoms with Gasteiger partial charge >= 0.3 is 11.9 Å². The Kier molecular flexibility index (Phi) is 6.41. The molecule has 2 aliphatic rings. The van der Waals surface area contributed by atoms with E-state index in [2.05, 4.69) is 0 Å². The maximum absolute atomic E-state index is 10.8. The summed E-state index contributed by atoms with van der Waals surface area (Å²) in [5, 5.41) is 17.8. The minimum atomic E-state index is -0.931. The second kappa shape index (κ2) is 6.03. The van der Waals surface area contributed by atoms with Crippen LogP contribution < -0.4 is 0 Å². The summed E-state index contributed by atoms with van der Waals surface area (Å²) in [6, 6.07) is 0. The zero-order valence-corrected chi connectivity index (χ0v) is 13.1. The molecule has 74 valence electrons. The molecule has 2 bridgehead atoms. The quantitative estimate of drug-likeness (QED) is 0.657. The Bertz CT molecular complexity index is 243. The van der Waals surface area contributed by atoms with Gasteiger partial charge in [0.25, 0.3) is 0 Å². The second-order valence-corrected chi connectivity index (χ2v) is 4.06. The van der Waals surface area contributed by atoms with Crippen LogP contribution in [0, 0.1) is 23.7 Å². The standard InChI is InChI=1S/C9H12O4.2Na/c10-8(11)6-4-1-2-5(3-4)7(6)9(12)13;;/h4-7H,1-3H2,(H,10,11)(H,12,13);;/t4-,5+,6-,7+;;. The van der Waals surface area contributed by atoms with Gasteiger partial charge in [0.15, 0.2) is 0 Å². The van der Waals surface area contributed by atoms with Crippen molar-refractivity contribution in [3.05, 3.63) is 0 Å². The molecule has 0 aromatic rings. The van der Waals surface area contributed by atoms with Gasteiger partial charge in [0.05, 0.1) is 11.8 Å². The first kappa shape index (κ1) is 15.9. The summed E-state index contributed by atoms with van der Waals surface area (Å²) >= 11 is 0. The van der Waals surface area contributed by atoms with Gasteiger partial charge in [-0.25, -0.2) is 0 Å². The van der Waals surface area contributed by atoms with Crippen molar-refractivity contribution in [1.29, 1.82) is 0 Å². The molecule has 0 amide bonds. The van der Waals surface area contributed by atoms with E-state index in [1.807, 2.05) is 0 Å². The Hall–Kier alpha value is 0.940. The van der Waals surface area contributed by atoms with Gasteiger partial charge in [-0.15, -0.1) is 0 Å². The molecule has 6 heteroatoms. The molecule has 0 unspecified atom stereocenters. The van der Waals surface area contributed by atoms with E-state index >= 15 is 0 Å². The van der Waals surface area contributed by atoms with Crippen molar-refractivity contribution in [2.24, 2.45) is 23.7 Å². The van der Waals surface area contributed by atoms with Crippen LogP contribution in [-0.2, 0) is 9.59 Å². The van der Waals surface area contributed by atoms with Gasteiger partial charge in [-0.1, -0.05) is 0 Å². The molecule has 2 aliphatic carbocycles. The normalized spacial score (nSPS) is 36.5. The van der Waals surface area contributed by atoms with Crippen LogP contribution in [0.15, 0.2) is 0 Å². The zero-order chi connectivity index (χ0) is 9.59. The van der Waals surface area contributed by atoms with Crippen LogP contribution in [0.3, 0.4) is 0 Å². The summed E-state index contributed by atoms with van der Waals surface area (Å²) in [6.45, 7) is 0. The smallest absolute Gasteiger partial charge is 0.307 e. The molecule has 15 heavy (non-hydrogen) atoms. The van der Waals surface area contributed by atoms with Gasteiger partial charge in [0, 0.05) is 59.1 Å². The number of hydrogen-bond donors (Lipinski definition) is 2. The Morgan fingerprint density at radius 1 is 0.867 bits per heavy atom. The minimum Gasteiger partial charge on any atom is -0.481 e. The predicted molar refractivity (Wildman–Crippen MR) is 54.6 cm³/mol. The SMILES string of the molecule is O=C(O)[C@@H]1[C@@H]2CC[C@@H](C2)[C@@H]1C(=O)O.[Na].[Na]. The van der Waals surface area contributed by atoms with E-state index in [1.165, 1.54) is 0 Å². The molecule has 2 radical (unpaired) electrons. The molecule has 4 nitrogen and oxygen atoms in total. The predicted octanol–water partition coefficient (Wildman–Crippen LogP) is 0.0563. The van der Waals surface area contributed by atoms with E-state index in [0.717, 1.165) is 19.3 Å². The van der Waals surface area contributed by atoms with Crippen molar-refractivity contribution in [2.75, 3.05) is 0 Å². The summed E-state index contributed by atoms with van der Waals surface area (Å²) < 4.78 is 0. The maximum Gasteiger partial charge on any atom is 0.307 e. The van der Waals surface area contributed by atoms with Crippen LogP contribution in [0.4, 0.5) is 0 Å². The number of carboxylic acids is 2. The topological polar surface area (TPSA) is 74.6 Å². The Labute approximate surface area is 132 Å². The fraction of sp³-hybridized carbons (Fsp3) is 0.778. The molecule has 0 aromatic heterocycles. The average Bonchev–Trinajstić information content (AvgIpc) is 2.60. The van der Waals surface area contributed by atoms with Crippen LogP contribution in [0.2, 0.25) is 0 Å². The van der Waals surface area contributed by atoms with Crippen LogP contribution in [-0.4, -0.2) is 81.3 Å².